The zero-order chi connectivity index (χ0) is 25.3. The van der Waals surface area contributed by atoms with Gasteiger partial charge in [-0.15, -0.1) is 0 Å². The summed E-state index contributed by atoms with van der Waals surface area (Å²) in [6.45, 7) is 0. The van der Waals surface area contributed by atoms with Crippen molar-refractivity contribution in [2.24, 2.45) is 0 Å². The van der Waals surface area contributed by atoms with Crippen LogP contribution in [0.25, 0.3) is 0 Å². The molecule has 1 unspecified atom stereocenters. The van der Waals surface area contributed by atoms with E-state index >= 15 is 0 Å². The number of halogens is 5. The van der Waals surface area contributed by atoms with E-state index in [1.807, 2.05) is 4.72 Å². The number of ether oxygens (including phenoxy) is 1. The molecule has 0 aliphatic rings. The monoisotopic (exact) mass is 533 g/mol. The molecular formula is C21H16Cl2F3N3O4S. The Morgan fingerprint density at radius 3 is 2.41 bits per heavy atom. The molecule has 13 heteroatoms. The second-order valence-corrected chi connectivity index (χ2v) is 9.55. The van der Waals surface area contributed by atoms with E-state index in [1.54, 1.807) is 12.1 Å². The summed E-state index contributed by atoms with van der Waals surface area (Å²) in [5.41, 5.74) is 4.21. The van der Waals surface area contributed by atoms with Crippen molar-refractivity contribution in [2.75, 3.05) is 12.8 Å². The van der Waals surface area contributed by atoms with E-state index in [1.165, 1.54) is 12.1 Å². The fraction of sp³-hybridized carbons (Fsp3) is 0.143. The fourth-order valence-electron chi connectivity index (χ4n) is 2.97. The number of rotatable bonds is 7. The van der Waals surface area contributed by atoms with Crippen LogP contribution >= 0.6 is 23.2 Å². The highest BCUT2D eigenvalue weighted by Crippen LogP contribution is 2.35. The van der Waals surface area contributed by atoms with Crippen molar-refractivity contribution in [3.8, 4) is 0 Å². The first-order chi connectivity index (χ1) is 15.8. The molecule has 0 amide bonds. The molecule has 1 atom stereocenters. The first kappa shape index (κ1) is 25.9. The number of nitrogens with one attached hydrogen (secondary N) is 1. The predicted molar refractivity (Wildman–Crippen MR) is 120 cm³/mol. The van der Waals surface area contributed by atoms with Crippen molar-refractivity contribution >= 4 is 44.7 Å². The van der Waals surface area contributed by atoms with Gasteiger partial charge < -0.3 is 10.5 Å². The molecule has 3 rings (SSSR count). The number of nitrogens with two attached hydrogens (primary N) is 1. The fourth-order valence-corrected chi connectivity index (χ4v) is 4.78. The number of hydrogen-bond acceptors (Lipinski definition) is 6. The molecule has 0 aliphatic carbocycles. The van der Waals surface area contributed by atoms with Gasteiger partial charge in [-0.3, -0.25) is 9.78 Å². The van der Waals surface area contributed by atoms with E-state index in [-0.39, 0.29) is 27.5 Å². The number of para-hydroxylation sites is 1. The highest BCUT2D eigenvalue weighted by atomic mass is 35.5. The van der Waals surface area contributed by atoms with Crippen LogP contribution in [0, 0.1) is 0 Å². The van der Waals surface area contributed by atoms with Gasteiger partial charge in [0.05, 0.1) is 15.5 Å². The maximum absolute atomic E-state index is 13.2. The first-order valence-electron chi connectivity index (χ1n) is 9.29. The van der Waals surface area contributed by atoms with Crippen molar-refractivity contribution in [3.05, 3.63) is 88.2 Å². The van der Waals surface area contributed by atoms with Crippen LogP contribution in [0.5, 0.6) is 0 Å². The van der Waals surface area contributed by atoms with Gasteiger partial charge in [-0.2, -0.15) is 17.9 Å². The summed E-state index contributed by atoms with van der Waals surface area (Å²) in [6.07, 6.45) is -3.65. The summed E-state index contributed by atoms with van der Waals surface area (Å²) in [5.74, 6) is -0.717. The Kier molecular flexibility index (Phi) is 7.25. The zero-order valence-electron chi connectivity index (χ0n) is 17.2. The average Bonchev–Trinajstić information content (AvgIpc) is 2.78. The molecule has 0 saturated carbocycles. The number of nitrogen functional groups attached to an aromatic ring is 1. The maximum atomic E-state index is 13.2. The highest BCUT2D eigenvalue weighted by molar-refractivity contribution is 7.89. The summed E-state index contributed by atoms with van der Waals surface area (Å²) < 4.78 is 72.2. The lowest BCUT2D eigenvalue weighted by Crippen LogP contribution is -2.44. The van der Waals surface area contributed by atoms with Gasteiger partial charge in [0.15, 0.2) is 0 Å². The third-order valence-corrected chi connectivity index (χ3v) is 6.84. The van der Waals surface area contributed by atoms with Crippen LogP contribution in [0.2, 0.25) is 5.02 Å². The van der Waals surface area contributed by atoms with Crippen molar-refractivity contribution in [1.82, 2.24) is 9.71 Å². The number of carbonyl (C=O) groups is 1. The number of hydrogen-bond donors (Lipinski definition) is 2. The van der Waals surface area contributed by atoms with E-state index in [4.69, 9.17) is 33.7 Å². The number of sulfonamides is 1. The van der Waals surface area contributed by atoms with Crippen LogP contribution in [0.15, 0.2) is 65.7 Å². The summed E-state index contributed by atoms with van der Waals surface area (Å²) in [5, 5.41) is -2.49. The second kappa shape index (κ2) is 9.51. The van der Waals surface area contributed by atoms with Gasteiger partial charge in [-0.25, -0.2) is 8.42 Å². The number of alkyl halides is 4. The molecule has 0 spiro atoms. The van der Waals surface area contributed by atoms with Gasteiger partial charge in [0.1, 0.15) is 5.69 Å². The SMILES string of the molecule is COC(Cl)(NS(=O)(=O)c1cccc(C(F)(F)F)c1)c1cc(Cl)cnc1C(=O)c1ccccc1N. The van der Waals surface area contributed by atoms with Crippen LogP contribution in [0.3, 0.4) is 0 Å². The largest absolute Gasteiger partial charge is 0.416 e. The van der Waals surface area contributed by atoms with Crippen molar-refractivity contribution in [3.63, 3.8) is 0 Å². The number of anilines is 1. The van der Waals surface area contributed by atoms with Gasteiger partial charge in [0.25, 0.3) is 0 Å². The summed E-state index contributed by atoms with van der Waals surface area (Å²) >= 11 is 12.5. The molecule has 0 radical (unpaired) electrons. The minimum atomic E-state index is -4.78. The van der Waals surface area contributed by atoms with Gasteiger partial charge in [-0.1, -0.05) is 41.4 Å². The van der Waals surface area contributed by atoms with E-state index in [2.05, 4.69) is 4.98 Å². The van der Waals surface area contributed by atoms with Crippen molar-refractivity contribution < 1.29 is 31.1 Å². The van der Waals surface area contributed by atoms with Gasteiger partial charge in [0, 0.05) is 30.1 Å². The molecule has 3 N–H and O–H groups in total. The molecule has 180 valence electrons. The van der Waals surface area contributed by atoms with Gasteiger partial charge in [0.2, 0.25) is 21.0 Å². The van der Waals surface area contributed by atoms with E-state index in [0.717, 1.165) is 31.5 Å². The number of aromatic nitrogens is 1. The zero-order valence-corrected chi connectivity index (χ0v) is 19.6. The predicted octanol–water partition coefficient (Wildman–Crippen LogP) is 4.54. The Morgan fingerprint density at radius 1 is 1.12 bits per heavy atom. The molecule has 7 nitrogen and oxygen atoms in total. The van der Waals surface area contributed by atoms with E-state index < -0.39 is 37.6 Å². The average molecular weight is 534 g/mol. The molecule has 34 heavy (non-hydrogen) atoms. The van der Waals surface area contributed by atoms with Crippen LogP contribution in [-0.2, 0) is 26.1 Å². The van der Waals surface area contributed by atoms with Gasteiger partial charge >= 0.3 is 6.18 Å². The summed E-state index contributed by atoms with van der Waals surface area (Å²) in [7, 11) is -3.68. The quantitative estimate of drug-likeness (QED) is 0.151. The molecule has 0 aliphatic heterocycles. The minimum absolute atomic E-state index is 0.0204. The molecule has 0 fully saturated rings. The van der Waals surface area contributed by atoms with Gasteiger partial charge in [-0.05, 0) is 36.4 Å². The number of ketones is 1. The van der Waals surface area contributed by atoms with Crippen LogP contribution in [-0.4, -0.2) is 26.3 Å². The lowest BCUT2D eigenvalue weighted by molar-refractivity contribution is -0.137. The Balaban J connectivity index is 2.10. The molecular weight excluding hydrogens is 518 g/mol. The first-order valence-corrected chi connectivity index (χ1v) is 11.5. The smallest absolute Gasteiger partial charge is 0.398 e. The third kappa shape index (κ3) is 5.34. The number of benzene rings is 2. The van der Waals surface area contributed by atoms with Crippen molar-refractivity contribution in [2.45, 2.75) is 16.3 Å². The number of nitrogens with zero attached hydrogens (tertiary/aromatic N) is 1. The van der Waals surface area contributed by atoms with E-state index in [9.17, 15) is 26.4 Å². The summed E-state index contributed by atoms with van der Waals surface area (Å²) in [6, 6.07) is 10.2. The van der Waals surface area contributed by atoms with Crippen molar-refractivity contribution in [1.29, 1.82) is 0 Å². The number of pyridine rings is 1. The maximum Gasteiger partial charge on any atom is 0.416 e. The Morgan fingerprint density at radius 2 is 1.79 bits per heavy atom. The Bertz CT molecular complexity index is 1350. The molecule has 0 bridgehead atoms. The van der Waals surface area contributed by atoms with Crippen LogP contribution in [0.1, 0.15) is 27.2 Å². The Hall–Kier alpha value is -2.70. The lowest BCUT2D eigenvalue weighted by Gasteiger charge is -2.28. The normalized spacial score (nSPS) is 13.9. The molecule has 0 saturated heterocycles. The van der Waals surface area contributed by atoms with E-state index in [0.29, 0.717) is 12.1 Å². The third-order valence-electron chi connectivity index (χ3n) is 4.64. The Labute approximate surface area is 202 Å². The molecule has 1 heterocycles. The lowest BCUT2D eigenvalue weighted by atomic mass is 10.0. The second-order valence-electron chi connectivity index (χ2n) is 6.90. The topological polar surface area (TPSA) is 111 Å². The van der Waals surface area contributed by atoms with Crippen LogP contribution in [0.4, 0.5) is 18.9 Å². The minimum Gasteiger partial charge on any atom is -0.398 e. The summed E-state index contributed by atoms with van der Waals surface area (Å²) in [4.78, 5) is 16.4. The van der Waals surface area contributed by atoms with Crippen LogP contribution < -0.4 is 10.5 Å². The molecule has 1 aromatic heterocycles. The number of carbonyl (C=O) groups excluding carboxylic acids is 1. The number of methoxy groups -OCH3 is 1. The molecule has 3 aromatic rings. The standard InChI is InChI=1S/C21H16Cl2F3N3O4S/c1-33-20(23,29-34(31,32)14-6-4-5-12(9-14)21(24,25)26)16-10-13(22)11-28-18(16)19(30)15-7-2-3-8-17(15)27/h2-11,29H,27H2,1H3. The highest BCUT2D eigenvalue weighted by Gasteiger charge is 2.40. The molecule has 2 aromatic carbocycles.